The zero-order chi connectivity index (χ0) is 25.9. The van der Waals surface area contributed by atoms with Crippen molar-refractivity contribution in [2.24, 2.45) is 10.7 Å². The first-order valence-corrected chi connectivity index (χ1v) is 12.1. The second-order valence-corrected chi connectivity index (χ2v) is 9.15. The number of hydrogen-bond acceptors (Lipinski definition) is 6. The minimum Gasteiger partial charge on any atom is -0.367 e. The molecule has 9 nitrogen and oxygen atoms in total. The number of hydrogen-bond donors (Lipinski definition) is 4. The van der Waals surface area contributed by atoms with E-state index in [1.54, 1.807) is 24.3 Å². The first kappa shape index (κ1) is 25.7. The van der Waals surface area contributed by atoms with Crippen molar-refractivity contribution in [2.75, 3.05) is 31.6 Å². The quantitative estimate of drug-likeness (QED) is 0.428. The Morgan fingerprint density at radius 3 is 2.64 bits per heavy atom. The van der Waals surface area contributed by atoms with Crippen LogP contribution in [0.3, 0.4) is 0 Å². The van der Waals surface area contributed by atoms with Crippen LogP contribution in [0.25, 0.3) is 0 Å². The molecule has 1 unspecified atom stereocenters. The highest BCUT2D eigenvalue weighted by molar-refractivity contribution is 6.47. The van der Waals surface area contributed by atoms with Gasteiger partial charge in [0, 0.05) is 18.3 Å². The third-order valence-corrected chi connectivity index (χ3v) is 6.99. The number of carbonyl (C=O) groups is 3. The van der Waals surface area contributed by atoms with Crippen molar-refractivity contribution in [3.05, 3.63) is 64.4 Å². The summed E-state index contributed by atoms with van der Waals surface area (Å²) in [7, 11) is 0. The van der Waals surface area contributed by atoms with Crippen molar-refractivity contribution in [3.63, 3.8) is 0 Å². The molecular formula is C25H28ClFN6O3. The van der Waals surface area contributed by atoms with Crippen LogP contribution in [0.5, 0.6) is 0 Å². The molecule has 190 valence electrons. The van der Waals surface area contributed by atoms with Gasteiger partial charge in [-0.1, -0.05) is 30.7 Å². The van der Waals surface area contributed by atoms with Gasteiger partial charge in [0.1, 0.15) is 11.5 Å². The zero-order valence-corrected chi connectivity index (χ0v) is 20.6. The van der Waals surface area contributed by atoms with Gasteiger partial charge >= 0.3 is 0 Å². The lowest BCUT2D eigenvalue weighted by atomic mass is 9.84. The molecule has 0 spiro atoms. The Labute approximate surface area is 213 Å². The molecule has 1 fully saturated rings. The van der Waals surface area contributed by atoms with E-state index in [1.165, 1.54) is 6.07 Å². The molecule has 0 radical (unpaired) electrons. The number of nitrogens with zero attached hydrogens (tertiary/aromatic N) is 2. The number of carbonyl (C=O) groups excluding carboxylic acids is 3. The highest BCUT2D eigenvalue weighted by Crippen LogP contribution is 2.29. The van der Waals surface area contributed by atoms with E-state index >= 15 is 0 Å². The van der Waals surface area contributed by atoms with Crippen LogP contribution in [-0.4, -0.2) is 60.7 Å². The van der Waals surface area contributed by atoms with Gasteiger partial charge < -0.3 is 16.4 Å². The van der Waals surface area contributed by atoms with Gasteiger partial charge in [-0.3, -0.25) is 29.6 Å². The van der Waals surface area contributed by atoms with Crippen molar-refractivity contribution in [1.82, 2.24) is 15.5 Å². The molecule has 4 rings (SSSR count). The molecular weight excluding hydrogens is 487 g/mol. The van der Waals surface area contributed by atoms with Crippen molar-refractivity contribution in [2.45, 2.75) is 31.3 Å². The predicted octanol–water partition coefficient (Wildman–Crippen LogP) is 2.01. The van der Waals surface area contributed by atoms with Crippen LogP contribution < -0.4 is 21.7 Å². The Balaban J connectivity index is 1.50. The molecule has 1 saturated heterocycles. The van der Waals surface area contributed by atoms with Crippen molar-refractivity contribution in [1.29, 1.82) is 0 Å². The molecule has 5 N–H and O–H groups in total. The number of aliphatic imine (C=N–C) groups is 1. The first-order valence-electron chi connectivity index (χ1n) is 11.7. The number of rotatable bonds is 8. The van der Waals surface area contributed by atoms with Crippen LogP contribution in [0.15, 0.2) is 47.5 Å². The fraction of sp³-hybridized carbons (Fsp3) is 0.360. The summed E-state index contributed by atoms with van der Waals surface area (Å²) in [5.41, 5.74) is 5.13. The molecule has 2 aromatic carbocycles. The third-order valence-electron chi connectivity index (χ3n) is 6.68. The smallest absolute Gasteiger partial charge is 0.268 e. The summed E-state index contributed by atoms with van der Waals surface area (Å²) < 4.78 is 13.3. The largest absolute Gasteiger partial charge is 0.367 e. The standard InChI is InChI=1S/C25H28ClFN6O3/c1-2-33-11-3-4-18(33)13-29-23(35)21-25(24(28)36,31-14-30-21)15-5-8-17(9-6-15)32-22(34)19-10-7-16(27)12-20(19)26/h5-10,12,18,31H,2-4,11,13-14H2,1H3,(H2,28,36)(H,29,35)(H,32,34)/t18-,25?/m1/s1. The lowest BCUT2D eigenvalue weighted by molar-refractivity contribution is -0.123. The van der Waals surface area contributed by atoms with Gasteiger partial charge in [-0.05, 0) is 61.8 Å². The fourth-order valence-electron chi connectivity index (χ4n) is 4.78. The number of amides is 3. The van der Waals surface area contributed by atoms with Gasteiger partial charge in [-0.2, -0.15) is 0 Å². The Morgan fingerprint density at radius 1 is 1.22 bits per heavy atom. The summed E-state index contributed by atoms with van der Waals surface area (Å²) >= 11 is 5.97. The molecule has 36 heavy (non-hydrogen) atoms. The maximum Gasteiger partial charge on any atom is 0.268 e. The number of likely N-dealkylation sites (tertiary alicyclic amines) is 1. The Morgan fingerprint density at radius 2 is 1.97 bits per heavy atom. The molecule has 2 heterocycles. The van der Waals surface area contributed by atoms with Crippen LogP contribution in [0.4, 0.5) is 10.1 Å². The number of benzene rings is 2. The second-order valence-electron chi connectivity index (χ2n) is 8.75. The normalized spacial score (nSPS) is 21.8. The minimum atomic E-state index is -1.60. The summed E-state index contributed by atoms with van der Waals surface area (Å²) in [6.07, 6.45) is 2.08. The van der Waals surface area contributed by atoms with Crippen molar-refractivity contribution >= 4 is 40.7 Å². The van der Waals surface area contributed by atoms with E-state index < -0.39 is 29.1 Å². The molecule has 0 bridgehead atoms. The van der Waals surface area contributed by atoms with E-state index in [0.29, 0.717) is 17.8 Å². The molecule has 2 aliphatic rings. The van der Waals surface area contributed by atoms with E-state index in [0.717, 1.165) is 38.1 Å². The average molecular weight is 515 g/mol. The highest BCUT2D eigenvalue weighted by atomic mass is 35.5. The summed E-state index contributed by atoms with van der Waals surface area (Å²) in [5, 5.41) is 8.55. The number of halogens is 2. The van der Waals surface area contributed by atoms with Gasteiger partial charge in [-0.15, -0.1) is 0 Å². The van der Waals surface area contributed by atoms with Crippen LogP contribution in [0.2, 0.25) is 5.02 Å². The maximum absolute atomic E-state index is 13.3. The second kappa shape index (κ2) is 10.7. The van der Waals surface area contributed by atoms with E-state index in [9.17, 15) is 18.8 Å². The number of primary amides is 1. The average Bonchev–Trinajstić information content (AvgIpc) is 3.50. The molecule has 2 aliphatic heterocycles. The Hall–Kier alpha value is -3.34. The number of nitrogens with two attached hydrogens (primary N) is 1. The topological polar surface area (TPSA) is 129 Å². The summed E-state index contributed by atoms with van der Waals surface area (Å²) in [4.78, 5) is 44.9. The fourth-order valence-corrected chi connectivity index (χ4v) is 5.03. The van der Waals surface area contributed by atoms with Gasteiger partial charge in [0.05, 0.1) is 17.3 Å². The predicted molar refractivity (Wildman–Crippen MR) is 135 cm³/mol. The number of anilines is 1. The van der Waals surface area contributed by atoms with E-state index in [1.807, 2.05) is 0 Å². The van der Waals surface area contributed by atoms with Gasteiger partial charge in [-0.25, -0.2) is 4.39 Å². The monoisotopic (exact) mass is 514 g/mol. The van der Waals surface area contributed by atoms with E-state index in [2.05, 4.69) is 32.8 Å². The van der Waals surface area contributed by atoms with Crippen LogP contribution in [0.1, 0.15) is 35.7 Å². The van der Waals surface area contributed by atoms with Gasteiger partial charge in [0.15, 0.2) is 5.54 Å². The van der Waals surface area contributed by atoms with Crippen LogP contribution in [-0.2, 0) is 15.1 Å². The molecule has 2 atom stereocenters. The molecule has 0 aliphatic carbocycles. The molecule has 11 heteroatoms. The summed E-state index contributed by atoms with van der Waals surface area (Å²) in [5.74, 6) is -2.29. The molecule has 3 amide bonds. The lowest BCUT2D eigenvalue weighted by Crippen LogP contribution is -2.59. The minimum absolute atomic E-state index is 0.00549. The van der Waals surface area contributed by atoms with E-state index in [4.69, 9.17) is 17.3 Å². The number of likely N-dealkylation sites (N-methyl/N-ethyl adjacent to an activating group) is 1. The Bertz CT molecular complexity index is 1200. The van der Waals surface area contributed by atoms with Crippen molar-refractivity contribution in [3.8, 4) is 0 Å². The molecule has 0 saturated carbocycles. The molecule has 2 aromatic rings. The zero-order valence-electron chi connectivity index (χ0n) is 19.8. The summed E-state index contributed by atoms with van der Waals surface area (Å²) in [6.45, 7) is 4.50. The summed E-state index contributed by atoms with van der Waals surface area (Å²) in [6, 6.07) is 10.1. The van der Waals surface area contributed by atoms with Gasteiger partial charge in [0.2, 0.25) is 5.91 Å². The third kappa shape index (κ3) is 4.97. The molecule has 0 aromatic heterocycles. The Kier molecular flexibility index (Phi) is 7.67. The first-order chi connectivity index (χ1) is 17.3. The lowest BCUT2D eigenvalue weighted by Gasteiger charge is -2.29. The number of nitrogens with one attached hydrogen (secondary N) is 3. The van der Waals surface area contributed by atoms with Gasteiger partial charge in [0.25, 0.3) is 11.8 Å². The van der Waals surface area contributed by atoms with Crippen LogP contribution in [0, 0.1) is 5.82 Å². The van der Waals surface area contributed by atoms with E-state index in [-0.39, 0.29) is 29.0 Å². The highest BCUT2D eigenvalue weighted by Gasteiger charge is 2.49. The van der Waals surface area contributed by atoms with Crippen molar-refractivity contribution < 1.29 is 18.8 Å². The van der Waals surface area contributed by atoms with Crippen LogP contribution >= 0.6 is 11.6 Å². The maximum atomic E-state index is 13.3. The SMILES string of the molecule is CCN1CCC[C@@H]1CNC(=O)C1=NCNC1(C(N)=O)c1ccc(NC(=O)c2ccc(F)cc2Cl)cc1.